The number of hydrogen-bond donors (Lipinski definition) is 1. The Balaban J connectivity index is 2.11. The minimum absolute atomic E-state index is 0.128. The molecular weight excluding hydrogens is 288 g/mol. The number of ether oxygens (including phenoxy) is 1. The maximum absolute atomic E-state index is 12.3. The Morgan fingerprint density at radius 3 is 2.78 bits per heavy atom. The van der Waals surface area contributed by atoms with Crippen molar-refractivity contribution >= 4 is 12.0 Å². The zero-order valence-electron chi connectivity index (χ0n) is 13.7. The number of nitriles is 1. The molecule has 1 saturated carbocycles. The summed E-state index contributed by atoms with van der Waals surface area (Å²) in [6.45, 7) is 2.65. The number of benzene rings is 1. The summed E-state index contributed by atoms with van der Waals surface area (Å²) in [5.41, 5.74) is 0.888. The summed E-state index contributed by atoms with van der Waals surface area (Å²) in [6, 6.07) is 9.68. The maximum atomic E-state index is 12.3. The maximum Gasteiger partial charge on any atom is 0.262 e. The highest BCUT2D eigenvalue weighted by Crippen LogP contribution is 2.22. The lowest BCUT2D eigenvalue weighted by Crippen LogP contribution is -2.36. The van der Waals surface area contributed by atoms with E-state index in [0.29, 0.717) is 12.4 Å². The molecule has 0 unspecified atom stereocenters. The molecule has 1 amide bonds. The van der Waals surface area contributed by atoms with Gasteiger partial charge in [-0.05, 0) is 31.4 Å². The Morgan fingerprint density at radius 2 is 2.09 bits per heavy atom. The highest BCUT2D eigenvalue weighted by Gasteiger charge is 2.18. The molecular formula is C19H24N2O2. The van der Waals surface area contributed by atoms with E-state index in [-0.39, 0.29) is 17.5 Å². The van der Waals surface area contributed by atoms with Crippen molar-refractivity contribution in [2.24, 2.45) is 0 Å². The van der Waals surface area contributed by atoms with Crippen LogP contribution in [0.2, 0.25) is 0 Å². The minimum Gasteiger partial charge on any atom is -0.493 e. The highest BCUT2D eigenvalue weighted by atomic mass is 16.5. The van der Waals surface area contributed by atoms with E-state index in [1.807, 2.05) is 37.3 Å². The van der Waals surface area contributed by atoms with E-state index in [2.05, 4.69) is 5.32 Å². The van der Waals surface area contributed by atoms with Crippen molar-refractivity contribution in [2.45, 2.75) is 51.5 Å². The molecule has 0 heterocycles. The van der Waals surface area contributed by atoms with Crippen molar-refractivity contribution in [3.05, 3.63) is 35.4 Å². The van der Waals surface area contributed by atoms with Crippen LogP contribution in [0.1, 0.15) is 51.0 Å². The van der Waals surface area contributed by atoms with Gasteiger partial charge in [-0.25, -0.2) is 0 Å². The number of carbonyl (C=O) groups excluding carboxylic acids is 1. The van der Waals surface area contributed by atoms with Crippen LogP contribution in [0.25, 0.3) is 6.08 Å². The van der Waals surface area contributed by atoms with Crippen LogP contribution >= 0.6 is 0 Å². The number of nitrogens with zero attached hydrogens (tertiary/aromatic N) is 1. The monoisotopic (exact) mass is 312 g/mol. The van der Waals surface area contributed by atoms with Gasteiger partial charge >= 0.3 is 0 Å². The second-order valence-electron chi connectivity index (χ2n) is 5.86. The molecule has 0 spiro atoms. The fourth-order valence-corrected chi connectivity index (χ4v) is 2.76. The summed E-state index contributed by atoms with van der Waals surface area (Å²) in [4.78, 5) is 12.3. The number of amides is 1. The first-order valence-corrected chi connectivity index (χ1v) is 8.39. The molecule has 2 rings (SSSR count). The topological polar surface area (TPSA) is 62.1 Å². The van der Waals surface area contributed by atoms with Gasteiger partial charge in [0, 0.05) is 11.6 Å². The van der Waals surface area contributed by atoms with Crippen molar-refractivity contribution < 1.29 is 9.53 Å². The van der Waals surface area contributed by atoms with E-state index >= 15 is 0 Å². The number of nitrogens with one attached hydrogen (secondary N) is 1. The van der Waals surface area contributed by atoms with Gasteiger partial charge < -0.3 is 10.1 Å². The van der Waals surface area contributed by atoms with Gasteiger partial charge in [0.1, 0.15) is 17.4 Å². The summed E-state index contributed by atoms with van der Waals surface area (Å²) in [6.07, 6.45) is 8.04. The highest BCUT2D eigenvalue weighted by molar-refractivity contribution is 6.02. The van der Waals surface area contributed by atoms with E-state index < -0.39 is 0 Å². The zero-order valence-corrected chi connectivity index (χ0v) is 13.7. The predicted molar refractivity (Wildman–Crippen MR) is 90.8 cm³/mol. The number of rotatable bonds is 6. The van der Waals surface area contributed by atoms with Crippen molar-refractivity contribution in [2.75, 3.05) is 6.61 Å². The van der Waals surface area contributed by atoms with Gasteiger partial charge in [0.25, 0.3) is 5.91 Å². The molecule has 1 N–H and O–H groups in total. The van der Waals surface area contributed by atoms with Crippen LogP contribution < -0.4 is 10.1 Å². The van der Waals surface area contributed by atoms with Crippen molar-refractivity contribution in [1.29, 1.82) is 5.26 Å². The van der Waals surface area contributed by atoms with Crippen LogP contribution in [-0.4, -0.2) is 18.6 Å². The Morgan fingerprint density at radius 1 is 1.35 bits per heavy atom. The molecule has 1 fully saturated rings. The van der Waals surface area contributed by atoms with E-state index in [4.69, 9.17) is 4.74 Å². The van der Waals surface area contributed by atoms with Gasteiger partial charge in [-0.2, -0.15) is 5.26 Å². The Bertz CT molecular complexity index is 596. The molecule has 4 heteroatoms. The van der Waals surface area contributed by atoms with Crippen LogP contribution in [0.15, 0.2) is 29.8 Å². The molecule has 1 aliphatic rings. The predicted octanol–water partition coefficient (Wildman–Crippen LogP) is 3.83. The first-order chi connectivity index (χ1) is 11.2. The molecule has 4 nitrogen and oxygen atoms in total. The first-order valence-electron chi connectivity index (χ1n) is 8.39. The van der Waals surface area contributed by atoms with Gasteiger partial charge in [-0.15, -0.1) is 0 Å². The van der Waals surface area contributed by atoms with Crippen LogP contribution in [0.5, 0.6) is 5.75 Å². The van der Waals surface area contributed by atoms with E-state index in [9.17, 15) is 10.1 Å². The molecule has 1 aromatic carbocycles. The van der Waals surface area contributed by atoms with Crippen LogP contribution in [0.3, 0.4) is 0 Å². The third kappa shape index (κ3) is 5.14. The van der Waals surface area contributed by atoms with Gasteiger partial charge in [0.2, 0.25) is 0 Å². The summed E-state index contributed by atoms with van der Waals surface area (Å²) in [7, 11) is 0. The Labute approximate surface area is 138 Å². The van der Waals surface area contributed by atoms with Crippen molar-refractivity contribution in [3.63, 3.8) is 0 Å². The van der Waals surface area contributed by atoms with Crippen molar-refractivity contribution in [1.82, 2.24) is 5.32 Å². The zero-order chi connectivity index (χ0) is 16.5. The third-order valence-corrected chi connectivity index (χ3v) is 3.99. The number of carbonyl (C=O) groups is 1. The molecule has 0 saturated heterocycles. The standard InChI is InChI=1S/C19H24N2O2/c1-2-12-23-18-11-7-6-8-15(18)13-16(14-20)19(22)21-17-9-4-3-5-10-17/h6-8,11,13,17H,2-5,9-10,12H2,1H3,(H,21,22)/b16-13+. The van der Waals surface area contributed by atoms with Gasteiger partial charge in [-0.1, -0.05) is 44.4 Å². The largest absolute Gasteiger partial charge is 0.493 e. The summed E-state index contributed by atoms with van der Waals surface area (Å²) in [5, 5.41) is 12.3. The van der Waals surface area contributed by atoms with Crippen LogP contribution in [0, 0.1) is 11.3 Å². The van der Waals surface area contributed by atoms with Crippen LogP contribution in [-0.2, 0) is 4.79 Å². The molecule has 0 aromatic heterocycles. The summed E-state index contributed by atoms with van der Waals surface area (Å²) < 4.78 is 5.68. The van der Waals surface area contributed by atoms with Crippen LogP contribution in [0.4, 0.5) is 0 Å². The number of hydrogen-bond acceptors (Lipinski definition) is 3. The van der Waals surface area contributed by atoms with Gasteiger partial charge in [0.15, 0.2) is 0 Å². The average molecular weight is 312 g/mol. The summed E-state index contributed by atoms with van der Waals surface area (Å²) in [5.74, 6) is 0.414. The molecule has 0 bridgehead atoms. The normalized spacial score (nSPS) is 15.7. The van der Waals surface area contributed by atoms with E-state index in [1.54, 1.807) is 6.08 Å². The fourth-order valence-electron chi connectivity index (χ4n) is 2.76. The lowest BCUT2D eigenvalue weighted by molar-refractivity contribution is -0.117. The smallest absolute Gasteiger partial charge is 0.262 e. The molecule has 1 aromatic rings. The first kappa shape index (κ1) is 17.1. The number of para-hydroxylation sites is 1. The lowest BCUT2D eigenvalue weighted by atomic mass is 9.95. The SMILES string of the molecule is CCCOc1ccccc1/C=C(\C#N)C(=O)NC1CCCCC1. The Kier molecular flexibility index (Phi) is 6.68. The molecule has 0 radical (unpaired) electrons. The average Bonchev–Trinajstić information content (AvgIpc) is 2.59. The summed E-state index contributed by atoms with van der Waals surface area (Å²) >= 11 is 0. The van der Waals surface area contributed by atoms with E-state index in [0.717, 1.165) is 37.7 Å². The molecule has 0 atom stereocenters. The Hall–Kier alpha value is -2.28. The van der Waals surface area contributed by atoms with Gasteiger partial charge in [-0.3, -0.25) is 4.79 Å². The molecule has 122 valence electrons. The fraction of sp³-hybridized carbons (Fsp3) is 0.474. The quantitative estimate of drug-likeness (QED) is 0.641. The van der Waals surface area contributed by atoms with Crippen molar-refractivity contribution in [3.8, 4) is 11.8 Å². The third-order valence-electron chi connectivity index (χ3n) is 3.99. The lowest BCUT2D eigenvalue weighted by Gasteiger charge is -2.22. The molecule has 23 heavy (non-hydrogen) atoms. The second kappa shape index (κ2) is 8.99. The van der Waals surface area contributed by atoms with E-state index in [1.165, 1.54) is 6.42 Å². The van der Waals surface area contributed by atoms with Gasteiger partial charge in [0.05, 0.1) is 6.61 Å². The second-order valence-corrected chi connectivity index (χ2v) is 5.86. The minimum atomic E-state index is -0.287. The molecule has 1 aliphatic carbocycles. The molecule has 0 aliphatic heterocycles.